The van der Waals surface area contributed by atoms with Crippen molar-refractivity contribution < 1.29 is 9.18 Å². The van der Waals surface area contributed by atoms with Crippen LogP contribution in [0.3, 0.4) is 0 Å². The lowest BCUT2D eigenvalue weighted by Crippen LogP contribution is -2.29. The van der Waals surface area contributed by atoms with Gasteiger partial charge in [-0.3, -0.25) is 4.79 Å². The molecule has 1 aliphatic rings. The Kier molecular flexibility index (Phi) is 3.46. The van der Waals surface area contributed by atoms with Gasteiger partial charge in [0.1, 0.15) is 5.82 Å². The molecular weight excluding hydrogens is 217 g/mol. The number of carbonyl (C=O) groups excluding carboxylic acids is 1. The molecule has 0 aliphatic heterocycles. The zero-order chi connectivity index (χ0) is 12.4. The number of nitrogens with zero attached hydrogens (tertiary/aromatic N) is 1. The summed E-state index contributed by atoms with van der Waals surface area (Å²) < 4.78 is 13.8. The highest BCUT2D eigenvalue weighted by Gasteiger charge is 2.20. The van der Waals surface area contributed by atoms with Gasteiger partial charge >= 0.3 is 0 Å². The lowest BCUT2D eigenvalue weighted by atomic mass is 9.85. The van der Waals surface area contributed by atoms with E-state index in [0.717, 1.165) is 6.54 Å². The van der Waals surface area contributed by atoms with Gasteiger partial charge in [-0.2, -0.15) is 0 Å². The molecule has 1 saturated carbocycles. The third-order valence-electron chi connectivity index (χ3n) is 3.52. The summed E-state index contributed by atoms with van der Waals surface area (Å²) in [7, 11) is 1.91. The Morgan fingerprint density at radius 2 is 2.18 bits per heavy atom. The molecule has 2 rings (SSSR count). The minimum absolute atomic E-state index is 0.0999. The molecule has 92 valence electrons. The summed E-state index contributed by atoms with van der Waals surface area (Å²) >= 11 is 0. The van der Waals surface area contributed by atoms with Crippen molar-refractivity contribution in [3.63, 3.8) is 0 Å². The molecule has 1 aromatic carbocycles. The highest BCUT2D eigenvalue weighted by molar-refractivity contribution is 5.94. The van der Waals surface area contributed by atoms with Gasteiger partial charge in [-0.1, -0.05) is 6.42 Å². The normalized spacial score (nSPS) is 15.5. The van der Waals surface area contributed by atoms with Gasteiger partial charge in [-0.05, 0) is 43.9 Å². The van der Waals surface area contributed by atoms with Gasteiger partial charge < -0.3 is 4.90 Å². The fourth-order valence-electron chi connectivity index (χ4n) is 2.20. The van der Waals surface area contributed by atoms with Gasteiger partial charge in [-0.25, -0.2) is 4.39 Å². The average molecular weight is 235 g/mol. The Morgan fingerprint density at radius 1 is 1.47 bits per heavy atom. The van der Waals surface area contributed by atoms with E-state index in [1.54, 1.807) is 12.1 Å². The van der Waals surface area contributed by atoms with Gasteiger partial charge in [0.25, 0.3) is 0 Å². The van der Waals surface area contributed by atoms with E-state index in [0.29, 0.717) is 17.2 Å². The van der Waals surface area contributed by atoms with E-state index in [1.165, 1.54) is 32.3 Å². The van der Waals surface area contributed by atoms with Crippen LogP contribution in [0.25, 0.3) is 0 Å². The van der Waals surface area contributed by atoms with E-state index in [9.17, 15) is 9.18 Å². The van der Waals surface area contributed by atoms with Crippen molar-refractivity contribution in [1.29, 1.82) is 0 Å². The Hall–Kier alpha value is -1.38. The first-order chi connectivity index (χ1) is 8.08. The Labute approximate surface area is 101 Å². The number of ketones is 1. The third-order valence-corrected chi connectivity index (χ3v) is 3.52. The topological polar surface area (TPSA) is 20.3 Å². The molecule has 0 heterocycles. The quantitative estimate of drug-likeness (QED) is 0.746. The number of anilines is 1. The smallest absolute Gasteiger partial charge is 0.159 e. The van der Waals surface area contributed by atoms with E-state index >= 15 is 0 Å². The first-order valence-electron chi connectivity index (χ1n) is 6.09. The molecule has 0 radical (unpaired) electrons. The summed E-state index contributed by atoms with van der Waals surface area (Å²) in [6, 6.07) is 4.72. The molecule has 0 spiro atoms. The van der Waals surface area contributed by atoms with Crippen LogP contribution in [0.15, 0.2) is 18.2 Å². The monoisotopic (exact) mass is 235 g/mol. The van der Waals surface area contributed by atoms with Gasteiger partial charge in [0.15, 0.2) is 5.78 Å². The number of carbonyl (C=O) groups is 1. The second-order valence-corrected chi connectivity index (χ2v) is 4.90. The summed E-state index contributed by atoms with van der Waals surface area (Å²) in [4.78, 5) is 13.1. The van der Waals surface area contributed by atoms with E-state index < -0.39 is 0 Å². The van der Waals surface area contributed by atoms with E-state index in [1.807, 2.05) is 11.9 Å². The van der Waals surface area contributed by atoms with Gasteiger partial charge in [0.2, 0.25) is 0 Å². The van der Waals surface area contributed by atoms with E-state index in [4.69, 9.17) is 0 Å². The van der Waals surface area contributed by atoms with Gasteiger partial charge in [-0.15, -0.1) is 0 Å². The Bertz CT molecular complexity index is 426. The molecule has 17 heavy (non-hydrogen) atoms. The van der Waals surface area contributed by atoms with Gasteiger partial charge in [0.05, 0.1) is 5.69 Å². The van der Waals surface area contributed by atoms with Crippen LogP contribution in [0.4, 0.5) is 10.1 Å². The molecule has 0 atom stereocenters. The predicted molar refractivity (Wildman–Crippen MR) is 67.0 cm³/mol. The minimum Gasteiger partial charge on any atom is -0.372 e. The molecule has 0 unspecified atom stereocenters. The van der Waals surface area contributed by atoms with Crippen molar-refractivity contribution in [3.8, 4) is 0 Å². The molecule has 1 aliphatic carbocycles. The minimum atomic E-state index is -0.306. The molecule has 0 amide bonds. The van der Waals surface area contributed by atoms with E-state index in [-0.39, 0.29) is 11.6 Å². The standard InChI is InChI=1S/C14H18FNO/c1-10(17)12-6-7-14(13(15)8-12)16(2)9-11-4-3-5-11/h6-8,11H,3-5,9H2,1-2H3. The van der Waals surface area contributed by atoms with Crippen LogP contribution < -0.4 is 4.90 Å². The zero-order valence-corrected chi connectivity index (χ0v) is 10.4. The lowest BCUT2D eigenvalue weighted by Gasteiger charge is -2.31. The molecular formula is C14H18FNO. The molecule has 2 nitrogen and oxygen atoms in total. The maximum absolute atomic E-state index is 13.8. The molecule has 1 aromatic rings. The number of rotatable bonds is 4. The molecule has 1 fully saturated rings. The van der Waals surface area contributed by atoms with Crippen molar-refractivity contribution in [2.24, 2.45) is 5.92 Å². The molecule has 0 bridgehead atoms. The van der Waals surface area contributed by atoms with Gasteiger partial charge in [0, 0.05) is 19.2 Å². The second kappa shape index (κ2) is 4.86. The van der Waals surface area contributed by atoms with Crippen molar-refractivity contribution in [1.82, 2.24) is 0 Å². The molecule has 0 N–H and O–H groups in total. The van der Waals surface area contributed by atoms with E-state index in [2.05, 4.69) is 0 Å². The fourth-order valence-corrected chi connectivity index (χ4v) is 2.20. The second-order valence-electron chi connectivity index (χ2n) is 4.90. The van der Waals surface area contributed by atoms with Crippen molar-refractivity contribution in [2.75, 3.05) is 18.5 Å². The highest BCUT2D eigenvalue weighted by atomic mass is 19.1. The first kappa shape index (κ1) is 12.1. The number of hydrogen-bond acceptors (Lipinski definition) is 2. The van der Waals surface area contributed by atoms with Crippen molar-refractivity contribution in [3.05, 3.63) is 29.6 Å². The summed E-state index contributed by atoms with van der Waals surface area (Å²) in [5.74, 6) is 0.295. The first-order valence-corrected chi connectivity index (χ1v) is 6.09. The maximum Gasteiger partial charge on any atom is 0.159 e. The molecule has 0 aromatic heterocycles. The summed E-state index contributed by atoms with van der Waals surface area (Å²) in [5.41, 5.74) is 1.02. The summed E-state index contributed by atoms with van der Waals surface area (Å²) in [6.45, 7) is 2.35. The van der Waals surface area contributed by atoms with Crippen LogP contribution in [0, 0.1) is 11.7 Å². The van der Waals surface area contributed by atoms with Crippen molar-refractivity contribution in [2.45, 2.75) is 26.2 Å². The molecule has 0 saturated heterocycles. The third kappa shape index (κ3) is 2.65. The predicted octanol–water partition coefficient (Wildman–Crippen LogP) is 3.26. The van der Waals surface area contributed by atoms with Crippen LogP contribution in [0.2, 0.25) is 0 Å². The largest absolute Gasteiger partial charge is 0.372 e. The number of hydrogen-bond donors (Lipinski definition) is 0. The maximum atomic E-state index is 13.8. The number of halogens is 1. The highest BCUT2D eigenvalue weighted by Crippen LogP contribution is 2.29. The van der Waals surface area contributed by atoms with Crippen LogP contribution in [0.5, 0.6) is 0 Å². The number of benzene rings is 1. The zero-order valence-electron chi connectivity index (χ0n) is 10.4. The Morgan fingerprint density at radius 3 is 2.65 bits per heavy atom. The average Bonchev–Trinajstić information content (AvgIpc) is 2.22. The summed E-state index contributed by atoms with van der Waals surface area (Å²) in [6.07, 6.45) is 3.79. The van der Waals surface area contributed by atoms with Crippen LogP contribution >= 0.6 is 0 Å². The summed E-state index contributed by atoms with van der Waals surface area (Å²) in [5, 5.41) is 0. The van der Waals surface area contributed by atoms with Crippen molar-refractivity contribution >= 4 is 11.5 Å². The van der Waals surface area contributed by atoms with Crippen LogP contribution in [-0.4, -0.2) is 19.4 Å². The molecule has 3 heteroatoms. The van der Waals surface area contributed by atoms with Crippen LogP contribution in [-0.2, 0) is 0 Å². The lowest BCUT2D eigenvalue weighted by molar-refractivity contribution is 0.101. The fraction of sp³-hybridized carbons (Fsp3) is 0.500. The SMILES string of the molecule is CC(=O)c1ccc(N(C)CC2CCC2)c(F)c1. The van der Waals surface area contributed by atoms with Crippen LogP contribution in [0.1, 0.15) is 36.5 Å². The Balaban J connectivity index is 2.11. The number of Topliss-reactive ketones (excluding diaryl/α,β-unsaturated/α-hetero) is 1.